The van der Waals surface area contributed by atoms with E-state index in [4.69, 9.17) is 9.84 Å². The van der Waals surface area contributed by atoms with E-state index < -0.39 is 6.61 Å². The standard InChI is InChI=1S/C12H15NO3/c1-13(12(15)8-14)10-4-5-11-9(7-10)3-2-6-16-11/h4-5,7,14H,2-3,6,8H2,1H3. The summed E-state index contributed by atoms with van der Waals surface area (Å²) < 4.78 is 5.49. The van der Waals surface area contributed by atoms with Crippen LogP contribution >= 0.6 is 0 Å². The van der Waals surface area contributed by atoms with Gasteiger partial charge in [-0.25, -0.2) is 0 Å². The van der Waals surface area contributed by atoms with Crippen molar-refractivity contribution < 1.29 is 14.6 Å². The number of carbonyl (C=O) groups excluding carboxylic acids is 1. The molecule has 1 aliphatic heterocycles. The van der Waals surface area contributed by atoms with Gasteiger partial charge in [-0.05, 0) is 36.6 Å². The van der Waals surface area contributed by atoms with Crippen LogP contribution in [-0.4, -0.2) is 31.3 Å². The maximum atomic E-state index is 11.3. The summed E-state index contributed by atoms with van der Waals surface area (Å²) in [5.41, 5.74) is 1.92. The molecule has 16 heavy (non-hydrogen) atoms. The van der Waals surface area contributed by atoms with Crippen molar-refractivity contribution in [3.63, 3.8) is 0 Å². The van der Waals surface area contributed by atoms with E-state index in [0.29, 0.717) is 0 Å². The van der Waals surface area contributed by atoms with Crippen LogP contribution < -0.4 is 9.64 Å². The van der Waals surface area contributed by atoms with Crippen molar-refractivity contribution in [3.05, 3.63) is 23.8 Å². The second-order valence-corrected chi connectivity index (χ2v) is 3.85. The van der Waals surface area contributed by atoms with Crippen LogP contribution in [0.15, 0.2) is 18.2 Å². The lowest BCUT2D eigenvalue weighted by Crippen LogP contribution is -2.29. The minimum absolute atomic E-state index is 0.309. The van der Waals surface area contributed by atoms with Crippen molar-refractivity contribution in [2.24, 2.45) is 0 Å². The molecule has 0 spiro atoms. The lowest BCUT2D eigenvalue weighted by molar-refractivity contribution is -0.120. The number of likely N-dealkylation sites (N-methyl/N-ethyl adjacent to an activating group) is 1. The van der Waals surface area contributed by atoms with Crippen LogP contribution in [-0.2, 0) is 11.2 Å². The molecule has 1 amide bonds. The smallest absolute Gasteiger partial charge is 0.252 e. The fraction of sp³-hybridized carbons (Fsp3) is 0.417. The van der Waals surface area contributed by atoms with Crippen molar-refractivity contribution in [2.45, 2.75) is 12.8 Å². The zero-order valence-corrected chi connectivity index (χ0v) is 9.27. The van der Waals surface area contributed by atoms with E-state index in [-0.39, 0.29) is 5.91 Å². The Morgan fingerprint density at radius 3 is 3.12 bits per heavy atom. The third-order valence-corrected chi connectivity index (χ3v) is 2.79. The van der Waals surface area contributed by atoms with Gasteiger partial charge in [0.25, 0.3) is 5.91 Å². The van der Waals surface area contributed by atoms with Crippen molar-refractivity contribution in [1.82, 2.24) is 0 Å². The number of hydrogen-bond donors (Lipinski definition) is 1. The van der Waals surface area contributed by atoms with Crippen LogP contribution in [0.3, 0.4) is 0 Å². The number of nitrogens with zero attached hydrogens (tertiary/aromatic N) is 1. The second kappa shape index (κ2) is 4.53. The van der Waals surface area contributed by atoms with Crippen molar-refractivity contribution in [2.75, 3.05) is 25.2 Å². The number of anilines is 1. The van der Waals surface area contributed by atoms with E-state index >= 15 is 0 Å². The van der Waals surface area contributed by atoms with Crippen molar-refractivity contribution in [3.8, 4) is 5.75 Å². The summed E-state index contributed by atoms with van der Waals surface area (Å²) in [5, 5.41) is 8.79. The summed E-state index contributed by atoms with van der Waals surface area (Å²) in [6.07, 6.45) is 1.98. The topological polar surface area (TPSA) is 49.8 Å². The Kier molecular flexibility index (Phi) is 3.10. The highest BCUT2D eigenvalue weighted by Gasteiger charge is 2.14. The molecule has 1 aromatic rings. The van der Waals surface area contributed by atoms with Gasteiger partial charge in [-0.15, -0.1) is 0 Å². The van der Waals surface area contributed by atoms with Gasteiger partial charge in [-0.2, -0.15) is 0 Å². The molecule has 1 heterocycles. The van der Waals surface area contributed by atoms with Gasteiger partial charge in [0.05, 0.1) is 6.61 Å². The van der Waals surface area contributed by atoms with E-state index in [9.17, 15) is 4.79 Å². The largest absolute Gasteiger partial charge is 0.493 e. The van der Waals surface area contributed by atoms with Gasteiger partial charge in [-0.1, -0.05) is 0 Å². The van der Waals surface area contributed by atoms with Crippen LogP contribution in [0, 0.1) is 0 Å². The SMILES string of the molecule is CN(C(=O)CO)c1ccc2c(c1)CCCO2. The molecule has 0 atom stereocenters. The minimum atomic E-state index is -0.468. The number of hydrogen-bond acceptors (Lipinski definition) is 3. The zero-order chi connectivity index (χ0) is 11.5. The zero-order valence-electron chi connectivity index (χ0n) is 9.27. The molecule has 0 fully saturated rings. The maximum Gasteiger partial charge on any atom is 0.252 e. The van der Waals surface area contributed by atoms with E-state index in [1.165, 1.54) is 4.90 Å². The molecule has 0 saturated carbocycles. The summed E-state index contributed by atoms with van der Waals surface area (Å²) >= 11 is 0. The Morgan fingerprint density at radius 1 is 1.56 bits per heavy atom. The van der Waals surface area contributed by atoms with Crippen LogP contribution in [0.5, 0.6) is 5.75 Å². The van der Waals surface area contributed by atoms with E-state index in [1.54, 1.807) is 7.05 Å². The average Bonchev–Trinajstić information content (AvgIpc) is 2.36. The van der Waals surface area contributed by atoms with Gasteiger partial charge < -0.3 is 14.7 Å². The molecule has 0 radical (unpaired) electrons. The van der Waals surface area contributed by atoms with Crippen LogP contribution in [0.25, 0.3) is 0 Å². The van der Waals surface area contributed by atoms with Crippen molar-refractivity contribution in [1.29, 1.82) is 0 Å². The van der Waals surface area contributed by atoms with E-state index in [0.717, 1.165) is 36.4 Å². The molecule has 2 rings (SSSR count). The minimum Gasteiger partial charge on any atom is -0.493 e. The highest BCUT2D eigenvalue weighted by molar-refractivity contribution is 5.93. The van der Waals surface area contributed by atoms with Crippen LogP contribution in [0.2, 0.25) is 0 Å². The number of fused-ring (bicyclic) bond motifs is 1. The molecule has 0 aliphatic carbocycles. The number of aryl methyl sites for hydroxylation is 1. The van der Waals surface area contributed by atoms with Crippen LogP contribution in [0.4, 0.5) is 5.69 Å². The van der Waals surface area contributed by atoms with Gasteiger partial charge in [0, 0.05) is 12.7 Å². The molecule has 0 unspecified atom stereocenters. The molecule has 1 N–H and O–H groups in total. The number of rotatable bonds is 2. The monoisotopic (exact) mass is 221 g/mol. The molecule has 4 nitrogen and oxygen atoms in total. The molecule has 0 saturated heterocycles. The van der Waals surface area contributed by atoms with Crippen molar-refractivity contribution >= 4 is 11.6 Å². The summed E-state index contributed by atoms with van der Waals surface area (Å²) in [5.74, 6) is 0.594. The van der Waals surface area contributed by atoms with Crippen LogP contribution in [0.1, 0.15) is 12.0 Å². The van der Waals surface area contributed by atoms with Gasteiger partial charge in [0.1, 0.15) is 12.4 Å². The maximum absolute atomic E-state index is 11.3. The Morgan fingerprint density at radius 2 is 2.38 bits per heavy atom. The Balaban J connectivity index is 2.26. The lowest BCUT2D eigenvalue weighted by atomic mass is 10.1. The average molecular weight is 221 g/mol. The normalized spacial score (nSPS) is 13.9. The fourth-order valence-corrected chi connectivity index (χ4v) is 1.81. The summed E-state index contributed by atoms with van der Waals surface area (Å²) in [6, 6.07) is 5.66. The molecule has 1 aromatic carbocycles. The van der Waals surface area contributed by atoms with E-state index in [2.05, 4.69) is 0 Å². The first-order valence-electron chi connectivity index (χ1n) is 5.35. The molecular formula is C12H15NO3. The highest BCUT2D eigenvalue weighted by atomic mass is 16.5. The number of carbonyl (C=O) groups is 1. The third-order valence-electron chi connectivity index (χ3n) is 2.79. The van der Waals surface area contributed by atoms with Gasteiger partial charge >= 0.3 is 0 Å². The molecule has 0 bridgehead atoms. The van der Waals surface area contributed by atoms with Gasteiger partial charge in [0.2, 0.25) is 0 Å². The highest BCUT2D eigenvalue weighted by Crippen LogP contribution is 2.28. The number of benzene rings is 1. The molecule has 4 heteroatoms. The summed E-state index contributed by atoms with van der Waals surface area (Å²) in [6.45, 7) is 0.293. The first kappa shape index (κ1) is 11.0. The molecule has 86 valence electrons. The molecular weight excluding hydrogens is 206 g/mol. The van der Waals surface area contributed by atoms with E-state index in [1.807, 2.05) is 18.2 Å². The predicted molar refractivity (Wildman–Crippen MR) is 60.8 cm³/mol. The second-order valence-electron chi connectivity index (χ2n) is 3.85. The summed E-state index contributed by atoms with van der Waals surface area (Å²) in [7, 11) is 1.66. The Hall–Kier alpha value is -1.55. The van der Waals surface area contributed by atoms with Gasteiger partial charge in [-0.3, -0.25) is 4.79 Å². The Labute approximate surface area is 94.4 Å². The molecule has 0 aromatic heterocycles. The molecule has 1 aliphatic rings. The number of ether oxygens (including phenoxy) is 1. The van der Waals surface area contributed by atoms with Gasteiger partial charge in [0.15, 0.2) is 0 Å². The number of aliphatic hydroxyl groups excluding tert-OH is 1. The first-order chi connectivity index (χ1) is 7.72. The Bertz CT molecular complexity index is 403. The number of aliphatic hydroxyl groups is 1. The predicted octanol–water partition coefficient (Wildman–Crippen LogP) is 0.967. The fourth-order valence-electron chi connectivity index (χ4n) is 1.81. The first-order valence-corrected chi connectivity index (χ1v) is 5.35. The third kappa shape index (κ3) is 2.02. The number of amides is 1. The quantitative estimate of drug-likeness (QED) is 0.809. The summed E-state index contributed by atoms with van der Waals surface area (Å²) in [4.78, 5) is 12.8. The lowest BCUT2D eigenvalue weighted by Gasteiger charge is -2.21.